The fourth-order valence-corrected chi connectivity index (χ4v) is 5.22. The third-order valence-electron chi connectivity index (χ3n) is 6.57. The van der Waals surface area contributed by atoms with Gasteiger partial charge in [-0.3, -0.25) is 9.69 Å². The summed E-state index contributed by atoms with van der Waals surface area (Å²) in [4.78, 5) is 17.2. The van der Waals surface area contributed by atoms with Gasteiger partial charge in [0.15, 0.2) is 11.7 Å². The van der Waals surface area contributed by atoms with E-state index in [1.807, 2.05) is 6.07 Å². The van der Waals surface area contributed by atoms with Crippen molar-refractivity contribution in [2.45, 2.75) is 43.6 Å². The summed E-state index contributed by atoms with van der Waals surface area (Å²) in [7, 11) is 0. The summed E-state index contributed by atoms with van der Waals surface area (Å²) in [6, 6.07) is 6.79. The van der Waals surface area contributed by atoms with Crippen molar-refractivity contribution in [3.05, 3.63) is 46.6 Å². The van der Waals surface area contributed by atoms with E-state index in [-0.39, 0.29) is 23.0 Å². The number of fused-ring (bicyclic) bond motifs is 2. The number of halogens is 4. The van der Waals surface area contributed by atoms with Crippen LogP contribution in [0, 0.1) is 0 Å². The van der Waals surface area contributed by atoms with Crippen LogP contribution in [0.1, 0.15) is 47.4 Å². The van der Waals surface area contributed by atoms with Gasteiger partial charge in [-0.25, -0.2) is 4.68 Å². The number of benzene rings is 1. The van der Waals surface area contributed by atoms with E-state index in [4.69, 9.17) is 11.6 Å². The standard InChI is InChI=1S/C21H23ClF3N5O/c22-17-18(20(31)29-10-9-28-8-4-7-14(28)12-29)27-30-16(21(23,24)25)11-15(26-19(17)30)13-5-2-1-3-6-13/h1-3,5-6,14-16,26H,4,7-12H2/t14-,15-,16+/m0/s1. The Kier molecular flexibility index (Phi) is 5.13. The normalized spacial score (nSPS) is 26.3. The molecule has 166 valence electrons. The minimum Gasteiger partial charge on any atom is -0.362 e. The summed E-state index contributed by atoms with van der Waals surface area (Å²) in [6.45, 7) is 2.88. The van der Waals surface area contributed by atoms with Gasteiger partial charge in [0.1, 0.15) is 10.8 Å². The van der Waals surface area contributed by atoms with Crippen LogP contribution in [-0.4, -0.2) is 63.9 Å². The highest BCUT2D eigenvalue weighted by molar-refractivity contribution is 6.36. The number of anilines is 1. The van der Waals surface area contributed by atoms with Crippen molar-refractivity contribution in [2.75, 3.05) is 31.5 Å². The van der Waals surface area contributed by atoms with Gasteiger partial charge in [0.25, 0.3) is 5.91 Å². The highest BCUT2D eigenvalue weighted by Gasteiger charge is 2.48. The molecule has 0 saturated carbocycles. The van der Waals surface area contributed by atoms with Crippen LogP contribution in [0.15, 0.2) is 30.3 Å². The summed E-state index contributed by atoms with van der Waals surface area (Å²) in [5.74, 6) is -0.357. The molecule has 31 heavy (non-hydrogen) atoms. The molecule has 10 heteroatoms. The Morgan fingerprint density at radius 2 is 1.94 bits per heavy atom. The fourth-order valence-electron chi connectivity index (χ4n) is 4.96. The first-order valence-corrected chi connectivity index (χ1v) is 10.9. The van der Waals surface area contributed by atoms with Crippen molar-refractivity contribution < 1.29 is 18.0 Å². The van der Waals surface area contributed by atoms with E-state index in [9.17, 15) is 18.0 Å². The summed E-state index contributed by atoms with van der Waals surface area (Å²) in [5, 5.41) is 7.13. The Morgan fingerprint density at radius 1 is 1.16 bits per heavy atom. The van der Waals surface area contributed by atoms with E-state index in [2.05, 4.69) is 15.3 Å². The largest absolute Gasteiger partial charge is 0.410 e. The van der Waals surface area contributed by atoms with Gasteiger partial charge in [-0.05, 0) is 24.9 Å². The molecule has 6 nitrogen and oxygen atoms in total. The minimum absolute atomic E-state index is 0.0475. The lowest BCUT2D eigenvalue weighted by atomic mass is 9.97. The molecule has 2 saturated heterocycles. The van der Waals surface area contributed by atoms with E-state index in [1.54, 1.807) is 29.2 Å². The molecule has 0 aliphatic carbocycles. The molecular weight excluding hydrogens is 431 g/mol. The summed E-state index contributed by atoms with van der Waals surface area (Å²) >= 11 is 6.46. The molecule has 1 N–H and O–H groups in total. The molecule has 0 spiro atoms. The molecule has 0 unspecified atom stereocenters. The van der Waals surface area contributed by atoms with E-state index in [1.165, 1.54) is 0 Å². The molecule has 0 bridgehead atoms. The first kappa shape index (κ1) is 20.6. The second-order valence-electron chi connectivity index (χ2n) is 8.44. The van der Waals surface area contributed by atoms with Crippen molar-refractivity contribution in [1.29, 1.82) is 0 Å². The first-order valence-electron chi connectivity index (χ1n) is 10.5. The highest BCUT2D eigenvalue weighted by atomic mass is 35.5. The maximum absolute atomic E-state index is 13.9. The van der Waals surface area contributed by atoms with Crippen LogP contribution in [0.5, 0.6) is 0 Å². The Balaban J connectivity index is 1.47. The van der Waals surface area contributed by atoms with Gasteiger partial charge in [-0.15, -0.1) is 0 Å². The smallest absolute Gasteiger partial charge is 0.362 e. The predicted molar refractivity (Wildman–Crippen MR) is 110 cm³/mol. The second kappa shape index (κ2) is 7.70. The number of nitrogens with zero attached hydrogens (tertiary/aromatic N) is 4. The van der Waals surface area contributed by atoms with Crippen molar-refractivity contribution in [3.8, 4) is 0 Å². The van der Waals surface area contributed by atoms with Gasteiger partial charge in [-0.1, -0.05) is 41.9 Å². The lowest BCUT2D eigenvalue weighted by molar-refractivity contribution is -0.173. The zero-order valence-corrected chi connectivity index (χ0v) is 17.5. The lowest BCUT2D eigenvalue weighted by Crippen LogP contribution is -2.52. The molecule has 1 amide bonds. The van der Waals surface area contributed by atoms with Gasteiger partial charge in [-0.2, -0.15) is 18.3 Å². The maximum atomic E-state index is 13.9. The van der Waals surface area contributed by atoms with Crippen LogP contribution < -0.4 is 5.32 Å². The van der Waals surface area contributed by atoms with Gasteiger partial charge >= 0.3 is 6.18 Å². The number of alkyl halides is 3. The van der Waals surface area contributed by atoms with E-state index < -0.39 is 24.2 Å². The molecular formula is C21H23ClF3N5O. The third kappa shape index (κ3) is 3.67. The molecule has 2 fully saturated rings. The lowest BCUT2D eigenvalue weighted by Gasteiger charge is -2.37. The van der Waals surface area contributed by atoms with Crippen LogP contribution in [-0.2, 0) is 0 Å². The van der Waals surface area contributed by atoms with Crippen LogP contribution in [0.4, 0.5) is 19.0 Å². The number of carbonyl (C=O) groups excluding carboxylic acids is 1. The average Bonchev–Trinajstić information content (AvgIpc) is 3.36. The third-order valence-corrected chi connectivity index (χ3v) is 6.93. The molecule has 3 atom stereocenters. The summed E-state index contributed by atoms with van der Waals surface area (Å²) in [5.41, 5.74) is 0.615. The van der Waals surface area contributed by atoms with Crippen LogP contribution >= 0.6 is 11.6 Å². The fraction of sp³-hybridized carbons (Fsp3) is 0.524. The minimum atomic E-state index is -4.52. The molecule has 1 aromatic carbocycles. The number of aromatic nitrogens is 2. The molecule has 5 rings (SSSR count). The van der Waals surface area contributed by atoms with Crippen molar-refractivity contribution in [3.63, 3.8) is 0 Å². The topological polar surface area (TPSA) is 53.4 Å². The Labute approximate surface area is 182 Å². The van der Waals surface area contributed by atoms with Gasteiger partial charge in [0.05, 0.1) is 6.04 Å². The molecule has 0 radical (unpaired) electrons. The molecule has 4 heterocycles. The SMILES string of the molecule is O=C(c1nn2c(c1Cl)N[C@H](c1ccccc1)C[C@@H]2C(F)(F)F)N1CCN2CCC[C@H]2C1. The van der Waals surface area contributed by atoms with E-state index >= 15 is 0 Å². The van der Waals surface area contributed by atoms with Crippen LogP contribution in [0.2, 0.25) is 5.02 Å². The van der Waals surface area contributed by atoms with E-state index in [0.717, 1.165) is 36.2 Å². The first-order chi connectivity index (χ1) is 14.8. The molecule has 3 aliphatic rings. The summed E-state index contributed by atoms with van der Waals surface area (Å²) in [6.07, 6.45) is -2.63. The molecule has 2 aromatic rings. The summed E-state index contributed by atoms with van der Waals surface area (Å²) < 4.78 is 42.6. The monoisotopic (exact) mass is 453 g/mol. The van der Waals surface area contributed by atoms with E-state index in [0.29, 0.717) is 19.1 Å². The predicted octanol–water partition coefficient (Wildman–Crippen LogP) is 4.12. The highest BCUT2D eigenvalue weighted by Crippen LogP contribution is 2.46. The Hall–Kier alpha value is -2.26. The number of hydrogen-bond acceptors (Lipinski definition) is 4. The quantitative estimate of drug-likeness (QED) is 0.743. The van der Waals surface area contributed by atoms with Gasteiger partial charge in [0.2, 0.25) is 0 Å². The van der Waals surface area contributed by atoms with Crippen molar-refractivity contribution in [1.82, 2.24) is 19.6 Å². The Bertz CT molecular complexity index is 979. The number of piperazine rings is 1. The average molecular weight is 454 g/mol. The number of hydrogen-bond donors (Lipinski definition) is 1. The molecule has 1 aromatic heterocycles. The van der Waals surface area contributed by atoms with Crippen LogP contribution in [0.25, 0.3) is 0 Å². The number of amides is 1. The van der Waals surface area contributed by atoms with Gasteiger partial charge < -0.3 is 10.2 Å². The number of nitrogens with one attached hydrogen (secondary N) is 1. The Morgan fingerprint density at radius 3 is 2.68 bits per heavy atom. The molecule has 3 aliphatic heterocycles. The van der Waals surface area contributed by atoms with Crippen LogP contribution in [0.3, 0.4) is 0 Å². The zero-order valence-electron chi connectivity index (χ0n) is 16.8. The number of carbonyl (C=O) groups is 1. The zero-order chi connectivity index (χ0) is 21.8. The number of rotatable bonds is 2. The maximum Gasteiger partial charge on any atom is 0.410 e. The second-order valence-corrected chi connectivity index (χ2v) is 8.82. The van der Waals surface area contributed by atoms with Crippen molar-refractivity contribution in [2.24, 2.45) is 0 Å². The van der Waals surface area contributed by atoms with Crippen molar-refractivity contribution >= 4 is 23.3 Å². The van der Waals surface area contributed by atoms with Gasteiger partial charge in [0, 0.05) is 32.1 Å².